The molecule has 1 N–H and O–H groups in total. The van der Waals surface area contributed by atoms with Crippen LogP contribution in [0.15, 0.2) is 47.1 Å². The molecule has 166 valence electrons. The van der Waals surface area contributed by atoms with Crippen LogP contribution in [0.2, 0.25) is 0 Å². The zero-order chi connectivity index (χ0) is 21.8. The standard InChI is InChI=1S/C29H38O2/c1-28(2)15-14-26-24-12-10-21-17-22(31)11-13-23(21)27(24)25(18-29(26,28)3)20-8-6-19(7-9-20)5-4-16-30/h6-9,17,24-26,30H,4-5,10-16,18H2,1-3H3. The molecule has 0 spiro atoms. The van der Waals surface area contributed by atoms with Gasteiger partial charge in [-0.15, -0.1) is 0 Å². The highest BCUT2D eigenvalue weighted by Crippen LogP contribution is 2.69. The minimum atomic E-state index is 0.255. The van der Waals surface area contributed by atoms with Gasteiger partial charge in [0, 0.05) is 18.9 Å². The molecule has 1 aromatic rings. The Morgan fingerprint density at radius 3 is 2.55 bits per heavy atom. The maximum atomic E-state index is 12.2. The number of aliphatic hydroxyl groups is 1. The normalized spacial score (nSPS) is 34.1. The van der Waals surface area contributed by atoms with Gasteiger partial charge in [-0.2, -0.15) is 0 Å². The Hall–Kier alpha value is -1.67. The highest BCUT2D eigenvalue weighted by Gasteiger charge is 2.59. The van der Waals surface area contributed by atoms with Crippen LogP contribution in [0.4, 0.5) is 0 Å². The second kappa shape index (κ2) is 7.73. The lowest BCUT2D eigenvalue weighted by Crippen LogP contribution is -2.46. The van der Waals surface area contributed by atoms with Gasteiger partial charge in [0.2, 0.25) is 0 Å². The first kappa shape index (κ1) is 21.2. The van der Waals surface area contributed by atoms with E-state index >= 15 is 0 Å². The third kappa shape index (κ3) is 3.37. The molecule has 4 atom stereocenters. The summed E-state index contributed by atoms with van der Waals surface area (Å²) >= 11 is 0. The van der Waals surface area contributed by atoms with Gasteiger partial charge in [0.1, 0.15) is 0 Å². The molecule has 0 radical (unpaired) electrons. The maximum absolute atomic E-state index is 12.2. The van der Waals surface area contributed by atoms with Crippen LogP contribution in [0.5, 0.6) is 0 Å². The molecule has 0 heterocycles. The molecule has 4 unspecified atom stereocenters. The first-order valence-electron chi connectivity index (χ1n) is 12.5. The lowest BCUT2D eigenvalue weighted by atomic mass is 9.49. The molecule has 2 nitrogen and oxygen atoms in total. The molecule has 0 amide bonds. The fourth-order valence-electron chi connectivity index (χ4n) is 7.62. The average molecular weight is 419 g/mol. The van der Waals surface area contributed by atoms with E-state index in [1.807, 2.05) is 6.08 Å². The van der Waals surface area contributed by atoms with Crippen LogP contribution in [0.3, 0.4) is 0 Å². The topological polar surface area (TPSA) is 37.3 Å². The van der Waals surface area contributed by atoms with Gasteiger partial charge in [0.15, 0.2) is 5.78 Å². The molecule has 0 bridgehead atoms. The van der Waals surface area contributed by atoms with Crippen LogP contribution >= 0.6 is 0 Å². The number of carbonyl (C=O) groups excluding carboxylic acids is 1. The summed E-state index contributed by atoms with van der Waals surface area (Å²) in [5, 5.41) is 9.17. The van der Waals surface area contributed by atoms with Crippen molar-refractivity contribution in [3.8, 4) is 0 Å². The van der Waals surface area contributed by atoms with E-state index in [-0.39, 0.29) is 6.61 Å². The lowest BCUT2D eigenvalue weighted by Gasteiger charge is -2.55. The molecule has 5 rings (SSSR count). The number of hydrogen-bond acceptors (Lipinski definition) is 2. The zero-order valence-corrected chi connectivity index (χ0v) is 19.5. The highest BCUT2D eigenvalue weighted by atomic mass is 16.2. The molecule has 0 aromatic heterocycles. The van der Waals surface area contributed by atoms with Crippen molar-refractivity contribution < 1.29 is 9.90 Å². The predicted molar refractivity (Wildman–Crippen MR) is 126 cm³/mol. The van der Waals surface area contributed by atoms with E-state index in [9.17, 15) is 9.90 Å². The van der Waals surface area contributed by atoms with Gasteiger partial charge in [-0.1, -0.05) is 50.6 Å². The Kier molecular flexibility index (Phi) is 5.28. The number of hydrogen-bond donors (Lipinski definition) is 1. The number of aryl methyl sites for hydroxylation is 1. The molecule has 2 fully saturated rings. The number of rotatable bonds is 4. The van der Waals surface area contributed by atoms with E-state index in [1.54, 1.807) is 11.1 Å². The summed E-state index contributed by atoms with van der Waals surface area (Å²) in [6.07, 6.45) is 11.6. The van der Waals surface area contributed by atoms with Crippen molar-refractivity contribution in [1.29, 1.82) is 0 Å². The number of aliphatic hydroxyl groups excluding tert-OH is 1. The summed E-state index contributed by atoms with van der Waals surface area (Å²) in [4.78, 5) is 12.2. The third-order valence-corrected chi connectivity index (χ3v) is 9.76. The van der Waals surface area contributed by atoms with Crippen LogP contribution in [0.25, 0.3) is 0 Å². The van der Waals surface area contributed by atoms with Crippen molar-refractivity contribution >= 4 is 5.78 Å². The minimum absolute atomic E-state index is 0.255. The molecule has 2 heteroatoms. The second-order valence-electron chi connectivity index (χ2n) is 11.5. The molecular weight excluding hydrogens is 380 g/mol. The van der Waals surface area contributed by atoms with E-state index in [4.69, 9.17) is 0 Å². The summed E-state index contributed by atoms with van der Waals surface area (Å²) in [5.41, 5.74) is 8.14. The molecule has 31 heavy (non-hydrogen) atoms. The minimum Gasteiger partial charge on any atom is -0.396 e. The van der Waals surface area contributed by atoms with Crippen molar-refractivity contribution in [2.24, 2.45) is 22.7 Å². The fourth-order valence-corrected chi connectivity index (χ4v) is 7.62. The molecule has 0 aliphatic heterocycles. The average Bonchev–Trinajstić information content (AvgIpc) is 3.00. The molecule has 0 saturated heterocycles. The molecule has 4 aliphatic carbocycles. The molecule has 1 aromatic carbocycles. The first-order chi connectivity index (χ1) is 14.8. The molecule has 2 saturated carbocycles. The second-order valence-corrected chi connectivity index (χ2v) is 11.5. The van der Waals surface area contributed by atoms with Gasteiger partial charge >= 0.3 is 0 Å². The van der Waals surface area contributed by atoms with Crippen LogP contribution in [-0.2, 0) is 11.2 Å². The summed E-state index contributed by atoms with van der Waals surface area (Å²) < 4.78 is 0. The largest absolute Gasteiger partial charge is 0.396 e. The highest BCUT2D eigenvalue weighted by molar-refractivity contribution is 5.93. The van der Waals surface area contributed by atoms with Crippen molar-refractivity contribution in [3.05, 3.63) is 58.2 Å². The zero-order valence-electron chi connectivity index (χ0n) is 19.5. The Balaban J connectivity index is 1.60. The van der Waals surface area contributed by atoms with E-state index in [0.717, 1.165) is 31.6 Å². The van der Waals surface area contributed by atoms with E-state index < -0.39 is 0 Å². The van der Waals surface area contributed by atoms with E-state index in [0.29, 0.717) is 34.9 Å². The summed E-state index contributed by atoms with van der Waals surface area (Å²) in [6, 6.07) is 9.28. The maximum Gasteiger partial charge on any atom is 0.156 e. The molecular formula is C29H38O2. The van der Waals surface area contributed by atoms with E-state index in [1.165, 1.54) is 42.4 Å². The monoisotopic (exact) mass is 418 g/mol. The van der Waals surface area contributed by atoms with Gasteiger partial charge in [-0.3, -0.25) is 4.79 Å². The van der Waals surface area contributed by atoms with Crippen LogP contribution in [0.1, 0.15) is 89.2 Å². The SMILES string of the molecule is CC1(C)CCC2C3CCC4=CC(=O)CCC4=C3C(c3ccc(CCCO)cc3)CC21C. The quantitative estimate of drug-likeness (QED) is 0.603. The first-order valence-corrected chi connectivity index (χ1v) is 12.5. The Morgan fingerprint density at radius 1 is 1.03 bits per heavy atom. The lowest BCUT2D eigenvalue weighted by molar-refractivity contribution is -0.114. The fraction of sp³-hybridized carbons (Fsp3) is 0.621. The number of benzene rings is 1. The Labute approximate surface area is 187 Å². The van der Waals surface area contributed by atoms with Crippen LogP contribution in [-0.4, -0.2) is 17.5 Å². The number of fused-ring (bicyclic) bond motifs is 4. The number of carbonyl (C=O) groups is 1. The number of allylic oxidation sites excluding steroid dienone is 4. The molecule has 4 aliphatic rings. The number of ketones is 1. The van der Waals surface area contributed by atoms with Gasteiger partial charge in [-0.05, 0) is 102 Å². The van der Waals surface area contributed by atoms with Crippen molar-refractivity contribution in [2.75, 3.05) is 6.61 Å². The Bertz CT molecular complexity index is 932. The Morgan fingerprint density at radius 2 is 1.81 bits per heavy atom. The van der Waals surface area contributed by atoms with Gasteiger partial charge < -0.3 is 5.11 Å². The summed E-state index contributed by atoms with van der Waals surface area (Å²) in [6.45, 7) is 7.86. The van der Waals surface area contributed by atoms with Crippen molar-refractivity contribution in [2.45, 2.75) is 84.5 Å². The van der Waals surface area contributed by atoms with Gasteiger partial charge in [-0.25, -0.2) is 0 Å². The third-order valence-electron chi connectivity index (χ3n) is 9.76. The van der Waals surface area contributed by atoms with Crippen molar-refractivity contribution in [1.82, 2.24) is 0 Å². The summed E-state index contributed by atoms with van der Waals surface area (Å²) in [5.74, 6) is 2.26. The smallest absolute Gasteiger partial charge is 0.156 e. The van der Waals surface area contributed by atoms with Crippen LogP contribution in [0, 0.1) is 22.7 Å². The predicted octanol–water partition coefficient (Wildman–Crippen LogP) is 6.54. The van der Waals surface area contributed by atoms with Crippen molar-refractivity contribution in [3.63, 3.8) is 0 Å². The van der Waals surface area contributed by atoms with Gasteiger partial charge in [0.25, 0.3) is 0 Å². The van der Waals surface area contributed by atoms with Gasteiger partial charge in [0.05, 0.1) is 0 Å². The van der Waals surface area contributed by atoms with E-state index in [2.05, 4.69) is 45.0 Å². The van der Waals surface area contributed by atoms with Crippen LogP contribution < -0.4 is 0 Å². The summed E-state index contributed by atoms with van der Waals surface area (Å²) in [7, 11) is 0.